The van der Waals surface area contributed by atoms with Crippen molar-refractivity contribution in [3.63, 3.8) is 0 Å². The summed E-state index contributed by atoms with van der Waals surface area (Å²) in [6.07, 6.45) is 4.83. The summed E-state index contributed by atoms with van der Waals surface area (Å²) in [5, 5.41) is 12.4. The zero-order chi connectivity index (χ0) is 24.3. The first-order chi connectivity index (χ1) is 17.0. The van der Waals surface area contributed by atoms with Crippen LogP contribution in [0.3, 0.4) is 0 Å². The van der Waals surface area contributed by atoms with Crippen LogP contribution in [-0.4, -0.2) is 40.4 Å². The number of thioether (sulfide) groups is 1. The van der Waals surface area contributed by atoms with Gasteiger partial charge in [-0.1, -0.05) is 24.3 Å². The van der Waals surface area contributed by atoms with Crippen LogP contribution in [0, 0.1) is 11.6 Å². The van der Waals surface area contributed by atoms with Crippen LogP contribution >= 0.6 is 11.8 Å². The number of benzene rings is 2. The Balaban J connectivity index is 1.71. The molecule has 2 aromatic carbocycles. The predicted octanol–water partition coefficient (Wildman–Crippen LogP) is 3.53. The quantitative estimate of drug-likeness (QED) is 0.481. The number of fused-ring (bicyclic) bond motifs is 7. The molecular weight excluding hydrogens is 476 g/mol. The van der Waals surface area contributed by atoms with E-state index in [4.69, 9.17) is 4.74 Å². The number of rotatable bonds is 0. The molecule has 2 bridgehead atoms. The molecule has 10 heteroatoms. The van der Waals surface area contributed by atoms with Crippen LogP contribution in [0.4, 0.5) is 8.78 Å². The second-order valence-corrected chi connectivity index (χ2v) is 9.42. The van der Waals surface area contributed by atoms with Crippen molar-refractivity contribution in [1.82, 2.24) is 9.58 Å². The van der Waals surface area contributed by atoms with Crippen LogP contribution in [0.5, 0.6) is 11.5 Å². The Labute approximate surface area is 202 Å². The molecule has 1 unspecified atom stereocenters. The minimum atomic E-state index is -1.000. The molecule has 4 heterocycles. The zero-order valence-electron chi connectivity index (χ0n) is 18.3. The first kappa shape index (κ1) is 21.7. The summed E-state index contributed by atoms with van der Waals surface area (Å²) in [6.45, 7) is 0.355. The number of halogens is 2. The highest BCUT2D eigenvalue weighted by atomic mass is 32.2. The highest BCUT2D eigenvalue weighted by molar-refractivity contribution is 7.98. The molecule has 3 aliphatic heterocycles. The van der Waals surface area contributed by atoms with Crippen LogP contribution in [0.1, 0.15) is 33.2 Å². The average molecular weight is 496 g/mol. The number of hydrogen-bond donors (Lipinski definition) is 1. The lowest BCUT2D eigenvalue weighted by atomic mass is 9.92. The van der Waals surface area contributed by atoms with Crippen molar-refractivity contribution in [2.45, 2.75) is 16.7 Å². The number of nitrogens with zero attached hydrogens (tertiary/aromatic N) is 3. The Morgan fingerprint density at radius 2 is 1.94 bits per heavy atom. The summed E-state index contributed by atoms with van der Waals surface area (Å²) < 4.78 is 37.3. The molecule has 1 aromatic heterocycles. The number of ether oxygens (including phenoxy) is 1. The molecule has 0 saturated carbocycles. The van der Waals surface area contributed by atoms with Crippen molar-refractivity contribution < 1.29 is 23.4 Å². The van der Waals surface area contributed by atoms with Crippen LogP contribution < -0.4 is 15.2 Å². The fraction of sp³-hybridized carbons (Fsp3) is 0.200. The van der Waals surface area contributed by atoms with Crippen LogP contribution in [0.25, 0.3) is 0 Å². The SMILES string of the molecule is O=C1c2c(O)c(=O)ccn2N2CN1C/C=C/COc1cc(F)c(F)c3c1C2c1ccccc1SC3. The van der Waals surface area contributed by atoms with E-state index in [2.05, 4.69) is 0 Å². The van der Waals surface area contributed by atoms with E-state index in [0.29, 0.717) is 5.56 Å². The van der Waals surface area contributed by atoms with Crippen molar-refractivity contribution in [3.8, 4) is 11.5 Å². The molecule has 3 aliphatic rings. The lowest BCUT2D eigenvalue weighted by Gasteiger charge is -2.44. The van der Waals surface area contributed by atoms with E-state index in [0.717, 1.165) is 16.5 Å². The van der Waals surface area contributed by atoms with Crippen LogP contribution in [0.2, 0.25) is 0 Å². The average Bonchev–Trinajstić information content (AvgIpc) is 3.03. The summed E-state index contributed by atoms with van der Waals surface area (Å²) >= 11 is 1.39. The smallest absolute Gasteiger partial charge is 0.278 e. The lowest BCUT2D eigenvalue weighted by Crippen LogP contribution is -2.55. The highest BCUT2D eigenvalue weighted by Crippen LogP contribution is 2.47. The number of aromatic hydroxyl groups is 1. The predicted molar refractivity (Wildman–Crippen MR) is 125 cm³/mol. The van der Waals surface area contributed by atoms with Gasteiger partial charge in [0, 0.05) is 46.6 Å². The maximum absolute atomic E-state index is 15.3. The Morgan fingerprint density at radius 3 is 2.80 bits per heavy atom. The van der Waals surface area contributed by atoms with Gasteiger partial charge in [-0.2, -0.15) is 0 Å². The fourth-order valence-corrected chi connectivity index (χ4v) is 5.93. The monoisotopic (exact) mass is 495 g/mol. The van der Waals surface area contributed by atoms with Crippen molar-refractivity contribution in [2.24, 2.45) is 0 Å². The maximum atomic E-state index is 15.3. The van der Waals surface area contributed by atoms with Crippen molar-refractivity contribution >= 4 is 17.7 Å². The van der Waals surface area contributed by atoms with Crippen molar-refractivity contribution in [3.05, 3.63) is 99.0 Å². The van der Waals surface area contributed by atoms with Gasteiger partial charge in [-0.05, 0) is 17.7 Å². The van der Waals surface area contributed by atoms with Gasteiger partial charge in [0.2, 0.25) is 5.43 Å². The van der Waals surface area contributed by atoms with Crippen LogP contribution in [0.15, 0.2) is 64.4 Å². The van der Waals surface area contributed by atoms with Gasteiger partial charge in [-0.3, -0.25) is 19.3 Å². The third kappa shape index (κ3) is 3.31. The van der Waals surface area contributed by atoms with E-state index in [9.17, 15) is 19.1 Å². The molecule has 3 aromatic rings. The molecule has 0 radical (unpaired) electrons. The Morgan fingerprint density at radius 1 is 1.11 bits per heavy atom. The number of hydrogen-bond acceptors (Lipinski definition) is 6. The third-order valence-electron chi connectivity index (χ3n) is 6.44. The number of amides is 1. The minimum absolute atomic E-state index is 0.0695. The van der Waals surface area contributed by atoms with E-state index in [1.807, 2.05) is 24.3 Å². The van der Waals surface area contributed by atoms with Crippen molar-refractivity contribution in [1.29, 1.82) is 0 Å². The molecular formula is C25H19F2N3O4S. The molecule has 1 N–H and O–H groups in total. The van der Waals surface area contributed by atoms with E-state index in [1.54, 1.807) is 17.2 Å². The molecule has 178 valence electrons. The maximum Gasteiger partial charge on any atom is 0.278 e. The van der Waals surface area contributed by atoms with Crippen LogP contribution in [-0.2, 0) is 5.75 Å². The van der Waals surface area contributed by atoms with Gasteiger partial charge in [0.1, 0.15) is 25.1 Å². The van der Waals surface area contributed by atoms with Gasteiger partial charge in [-0.25, -0.2) is 8.78 Å². The Bertz CT molecular complexity index is 1470. The van der Waals surface area contributed by atoms with Gasteiger partial charge in [0.15, 0.2) is 23.1 Å². The Kier molecular flexibility index (Phi) is 5.06. The van der Waals surface area contributed by atoms with Gasteiger partial charge in [0.25, 0.3) is 5.91 Å². The first-order valence-corrected chi connectivity index (χ1v) is 12.0. The molecule has 0 saturated heterocycles. The summed E-state index contributed by atoms with van der Waals surface area (Å²) in [5.74, 6) is -2.75. The van der Waals surface area contributed by atoms with Gasteiger partial charge in [-0.15, -0.1) is 11.8 Å². The molecule has 1 atom stereocenters. The summed E-state index contributed by atoms with van der Waals surface area (Å²) in [7, 11) is 0. The molecule has 0 spiro atoms. The molecule has 0 fully saturated rings. The van der Waals surface area contributed by atoms with E-state index in [-0.39, 0.29) is 42.6 Å². The highest BCUT2D eigenvalue weighted by Gasteiger charge is 2.40. The van der Waals surface area contributed by atoms with Gasteiger partial charge in [0.05, 0.1) is 0 Å². The largest absolute Gasteiger partial charge is 0.502 e. The second kappa shape index (κ2) is 8.16. The number of carbonyl (C=O) groups excluding carboxylic acids is 1. The third-order valence-corrected chi connectivity index (χ3v) is 7.56. The number of pyridine rings is 1. The topological polar surface area (TPSA) is 75.0 Å². The molecule has 35 heavy (non-hydrogen) atoms. The summed E-state index contributed by atoms with van der Waals surface area (Å²) in [4.78, 5) is 27.9. The fourth-order valence-electron chi connectivity index (χ4n) is 4.82. The molecule has 0 aliphatic carbocycles. The standard InChI is InChI=1S/C25H19F2N3O4S/c26-16-11-18-20-15(21(16)27)12-35-19-6-2-1-5-14(19)22(20)30-13-28(8-3-4-10-34-18)25(33)23-24(32)17(31)7-9-29(23)30/h1-7,9,11,22,32H,8,10,12-13H2/b4-3+. The molecule has 6 rings (SSSR count). The normalized spacial score (nSPS) is 19.5. The zero-order valence-corrected chi connectivity index (χ0v) is 19.1. The second-order valence-electron chi connectivity index (χ2n) is 8.40. The number of carbonyl (C=O) groups is 1. The van der Waals surface area contributed by atoms with Gasteiger partial charge >= 0.3 is 0 Å². The molecule has 7 nitrogen and oxygen atoms in total. The number of aromatic nitrogens is 1. The van der Waals surface area contributed by atoms with E-state index >= 15 is 4.39 Å². The van der Waals surface area contributed by atoms with E-state index in [1.165, 1.54) is 33.6 Å². The Hall–Kier alpha value is -3.79. The van der Waals surface area contributed by atoms with E-state index < -0.39 is 34.8 Å². The molecule has 1 amide bonds. The van der Waals surface area contributed by atoms with Gasteiger partial charge < -0.3 is 14.7 Å². The summed E-state index contributed by atoms with van der Waals surface area (Å²) in [5.41, 5.74) is 0.551. The van der Waals surface area contributed by atoms with Crippen molar-refractivity contribution in [2.75, 3.05) is 24.8 Å². The lowest BCUT2D eigenvalue weighted by molar-refractivity contribution is 0.0701. The summed E-state index contributed by atoms with van der Waals surface area (Å²) in [6, 6.07) is 9.05. The minimum Gasteiger partial charge on any atom is -0.502 e. The first-order valence-electron chi connectivity index (χ1n) is 11.0.